The van der Waals surface area contributed by atoms with Crippen LogP contribution < -0.4 is 0 Å². The molecule has 0 fully saturated rings. The van der Waals surface area contributed by atoms with Gasteiger partial charge in [0.25, 0.3) is 0 Å². The molecule has 1 aromatic heterocycles. The van der Waals surface area contributed by atoms with Gasteiger partial charge >= 0.3 is 12.5 Å². The van der Waals surface area contributed by atoms with Crippen LogP contribution in [0.5, 0.6) is 0 Å². The predicted octanol–water partition coefficient (Wildman–Crippen LogP) is 1.37. The zero-order valence-corrected chi connectivity index (χ0v) is 7.12. The second kappa shape index (κ2) is 3.51. The molecular formula is C7H8F2N2O2. The van der Waals surface area contributed by atoms with Gasteiger partial charge in [-0.05, 0) is 6.92 Å². The zero-order chi connectivity index (χ0) is 10.0. The van der Waals surface area contributed by atoms with Crippen molar-refractivity contribution in [2.24, 2.45) is 0 Å². The van der Waals surface area contributed by atoms with Gasteiger partial charge in [-0.15, -0.1) is 0 Å². The van der Waals surface area contributed by atoms with Crippen LogP contribution in [0.4, 0.5) is 8.78 Å². The Balaban J connectivity index is 3.03. The van der Waals surface area contributed by atoms with Crippen molar-refractivity contribution in [3.63, 3.8) is 0 Å². The number of halogens is 2. The normalized spacial score (nSPS) is 10.5. The first kappa shape index (κ1) is 9.63. The second-order valence-corrected chi connectivity index (χ2v) is 2.41. The van der Waals surface area contributed by atoms with Crippen molar-refractivity contribution in [2.45, 2.75) is 13.5 Å². The molecule has 1 rings (SSSR count). The molecule has 0 aliphatic rings. The maximum atomic E-state index is 12.1. The van der Waals surface area contributed by atoms with E-state index in [0.717, 1.165) is 6.20 Å². The molecule has 72 valence electrons. The quantitative estimate of drug-likeness (QED) is 0.661. The lowest BCUT2D eigenvalue weighted by Gasteiger charge is -1.96. The molecule has 6 heteroatoms. The minimum absolute atomic E-state index is 0.0807. The molecule has 0 saturated carbocycles. The van der Waals surface area contributed by atoms with Crippen LogP contribution in [0, 0.1) is 6.92 Å². The topological polar surface area (TPSA) is 44.1 Å². The SMILES string of the molecule is COC(=O)c1nn(C(F)F)cc1C. The van der Waals surface area contributed by atoms with Crippen molar-refractivity contribution in [3.8, 4) is 0 Å². The van der Waals surface area contributed by atoms with Gasteiger partial charge in [0.2, 0.25) is 0 Å². The minimum atomic E-state index is -2.74. The van der Waals surface area contributed by atoms with Crippen LogP contribution in [0.3, 0.4) is 0 Å². The Kier molecular flexibility index (Phi) is 2.60. The Morgan fingerprint density at radius 1 is 1.69 bits per heavy atom. The Bertz CT molecular complexity index is 322. The molecule has 0 aromatic carbocycles. The van der Waals surface area contributed by atoms with Gasteiger partial charge in [-0.3, -0.25) is 0 Å². The van der Waals surface area contributed by atoms with Crippen molar-refractivity contribution in [1.29, 1.82) is 0 Å². The van der Waals surface area contributed by atoms with Crippen molar-refractivity contribution >= 4 is 5.97 Å². The van der Waals surface area contributed by atoms with Crippen molar-refractivity contribution in [1.82, 2.24) is 9.78 Å². The zero-order valence-electron chi connectivity index (χ0n) is 7.12. The monoisotopic (exact) mass is 190 g/mol. The summed E-state index contributed by atoms with van der Waals surface area (Å²) in [4.78, 5) is 10.9. The maximum absolute atomic E-state index is 12.1. The van der Waals surface area contributed by atoms with Gasteiger partial charge in [-0.1, -0.05) is 0 Å². The highest BCUT2D eigenvalue weighted by Gasteiger charge is 2.17. The highest BCUT2D eigenvalue weighted by molar-refractivity contribution is 5.88. The fourth-order valence-electron chi connectivity index (χ4n) is 0.881. The number of hydrogen-bond donors (Lipinski definition) is 0. The van der Waals surface area contributed by atoms with Crippen LogP contribution >= 0.6 is 0 Å². The molecule has 0 unspecified atom stereocenters. The van der Waals surface area contributed by atoms with E-state index in [1.165, 1.54) is 14.0 Å². The number of aromatic nitrogens is 2. The van der Waals surface area contributed by atoms with Crippen LogP contribution in [-0.2, 0) is 4.74 Å². The average Bonchev–Trinajstić information content (AvgIpc) is 2.46. The summed E-state index contributed by atoms with van der Waals surface area (Å²) < 4.78 is 28.9. The second-order valence-electron chi connectivity index (χ2n) is 2.41. The fraction of sp³-hybridized carbons (Fsp3) is 0.429. The maximum Gasteiger partial charge on any atom is 0.358 e. The van der Waals surface area contributed by atoms with E-state index in [1.54, 1.807) is 0 Å². The number of nitrogens with zero attached hydrogens (tertiary/aromatic N) is 2. The summed E-state index contributed by atoms with van der Waals surface area (Å²) in [5, 5.41) is 3.37. The smallest absolute Gasteiger partial charge is 0.358 e. The number of aryl methyl sites for hydroxylation is 1. The number of rotatable bonds is 2. The van der Waals surface area contributed by atoms with Gasteiger partial charge in [-0.25, -0.2) is 9.48 Å². The summed E-state index contributed by atoms with van der Waals surface area (Å²) in [6, 6.07) is 0. The van der Waals surface area contributed by atoms with E-state index in [-0.39, 0.29) is 5.69 Å². The molecular weight excluding hydrogens is 182 g/mol. The highest BCUT2D eigenvalue weighted by atomic mass is 19.3. The average molecular weight is 190 g/mol. The van der Waals surface area contributed by atoms with Crippen LogP contribution in [0.1, 0.15) is 22.6 Å². The van der Waals surface area contributed by atoms with E-state index >= 15 is 0 Å². The van der Waals surface area contributed by atoms with E-state index in [9.17, 15) is 13.6 Å². The third-order valence-electron chi connectivity index (χ3n) is 1.49. The summed E-state index contributed by atoms with van der Waals surface area (Å²) in [5.74, 6) is -0.711. The molecule has 0 spiro atoms. The molecule has 0 N–H and O–H groups in total. The van der Waals surface area contributed by atoms with Crippen molar-refractivity contribution < 1.29 is 18.3 Å². The van der Waals surface area contributed by atoms with Gasteiger partial charge in [0.15, 0.2) is 5.69 Å². The third-order valence-corrected chi connectivity index (χ3v) is 1.49. The standard InChI is InChI=1S/C7H8F2N2O2/c1-4-3-11(7(8)9)10-5(4)6(12)13-2/h3,7H,1-2H3. The number of ether oxygens (including phenoxy) is 1. The lowest BCUT2D eigenvalue weighted by atomic mass is 10.3. The predicted molar refractivity (Wildman–Crippen MR) is 39.6 cm³/mol. The Morgan fingerprint density at radius 3 is 2.69 bits per heavy atom. The summed E-state index contributed by atoms with van der Waals surface area (Å²) in [6.07, 6.45) is 1.09. The lowest BCUT2D eigenvalue weighted by molar-refractivity contribution is 0.0521. The molecule has 0 amide bonds. The van der Waals surface area contributed by atoms with Crippen LogP contribution in [-0.4, -0.2) is 22.9 Å². The van der Waals surface area contributed by atoms with E-state index in [2.05, 4.69) is 9.84 Å². The van der Waals surface area contributed by atoms with Crippen molar-refractivity contribution in [3.05, 3.63) is 17.5 Å². The molecule has 0 aliphatic carbocycles. The molecule has 0 saturated heterocycles. The summed E-state index contributed by atoms with van der Waals surface area (Å²) in [6.45, 7) is -1.23. The van der Waals surface area contributed by atoms with Gasteiger partial charge in [0.05, 0.1) is 7.11 Å². The lowest BCUT2D eigenvalue weighted by Crippen LogP contribution is -2.06. The highest BCUT2D eigenvalue weighted by Crippen LogP contribution is 2.13. The molecule has 4 nitrogen and oxygen atoms in total. The first-order chi connectivity index (χ1) is 6.06. The minimum Gasteiger partial charge on any atom is -0.464 e. The number of alkyl halides is 2. The summed E-state index contributed by atoms with van der Waals surface area (Å²) >= 11 is 0. The molecule has 0 bridgehead atoms. The van der Waals surface area contributed by atoms with Gasteiger partial charge in [-0.2, -0.15) is 13.9 Å². The molecule has 0 atom stereocenters. The Hall–Kier alpha value is -1.46. The summed E-state index contributed by atoms with van der Waals surface area (Å²) in [5.41, 5.74) is 0.287. The van der Waals surface area contributed by atoms with Gasteiger partial charge < -0.3 is 4.74 Å². The largest absolute Gasteiger partial charge is 0.464 e. The van der Waals surface area contributed by atoms with Crippen molar-refractivity contribution in [2.75, 3.05) is 7.11 Å². The van der Waals surface area contributed by atoms with Gasteiger partial charge in [0.1, 0.15) is 0 Å². The van der Waals surface area contributed by atoms with E-state index in [4.69, 9.17) is 0 Å². The number of methoxy groups -OCH3 is 1. The number of carbonyl (C=O) groups excluding carboxylic acids is 1. The fourth-order valence-corrected chi connectivity index (χ4v) is 0.881. The van der Waals surface area contributed by atoms with E-state index in [0.29, 0.717) is 10.2 Å². The van der Waals surface area contributed by atoms with E-state index in [1.807, 2.05) is 0 Å². The van der Waals surface area contributed by atoms with Crippen LogP contribution in [0.2, 0.25) is 0 Å². The number of carbonyl (C=O) groups is 1. The third kappa shape index (κ3) is 1.82. The van der Waals surface area contributed by atoms with Crippen LogP contribution in [0.25, 0.3) is 0 Å². The number of hydrogen-bond acceptors (Lipinski definition) is 3. The molecule has 1 aromatic rings. The molecule has 0 aliphatic heterocycles. The van der Waals surface area contributed by atoms with E-state index < -0.39 is 12.5 Å². The molecule has 0 radical (unpaired) electrons. The van der Waals surface area contributed by atoms with Crippen LogP contribution in [0.15, 0.2) is 6.20 Å². The Morgan fingerprint density at radius 2 is 2.31 bits per heavy atom. The molecule has 13 heavy (non-hydrogen) atoms. The first-order valence-electron chi connectivity index (χ1n) is 3.48. The molecule has 1 heterocycles. The Labute approximate surface area is 73.1 Å². The number of esters is 1. The first-order valence-corrected chi connectivity index (χ1v) is 3.48. The summed E-state index contributed by atoms with van der Waals surface area (Å²) in [7, 11) is 1.17. The van der Waals surface area contributed by atoms with Gasteiger partial charge in [0, 0.05) is 11.8 Å².